The maximum absolute atomic E-state index is 14.3. The first-order valence-electron chi connectivity index (χ1n) is 12.9. The second-order valence-electron chi connectivity index (χ2n) is 9.62. The number of amides is 1. The average molecular weight is 553 g/mol. The van der Waals surface area contributed by atoms with Crippen LogP contribution in [0.25, 0.3) is 11.1 Å². The molecule has 0 spiro atoms. The number of hydrogen-bond donors (Lipinski definition) is 2. The zero-order valence-electron chi connectivity index (χ0n) is 21.6. The summed E-state index contributed by atoms with van der Waals surface area (Å²) < 4.78 is 19.7. The third-order valence-corrected chi connectivity index (χ3v) is 7.03. The molecule has 0 bridgehead atoms. The third kappa shape index (κ3) is 7.62. The Kier molecular flexibility index (Phi) is 9.63. The van der Waals surface area contributed by atoms with Gasteiger partial charge in [-0.3, -0.25) is 14.7 Å². The van der Waals surface area contributed by atoms with Gasteiger partial charge in [0.15, 0.2) is 0 Å². The highest BCUT2D eigenvalue weighted by Gasteiger charge is 2.30. The molecule has 39 heavy (non-hydrogen) atoms. The fourth-order valence-electron chi connectivity index (χ4n) is 4.70. The number of aromatic amines is 1. The summed E-state index contributed by atoms with van der Waals surface area (Å²) in [4.78, 5) is 27.9. The summed E-state index contributed by atoms with van der Waals surface area (Å²) in [7, 11) is 0. The molecule has 1 aromatic heterocycles. The molecule has 1 aliphatic heterocycles. The van der Waals surface area contributed by atoms with Crippen LogP contribution in [0.5, 0.6) is 0 Å². The maximum Gasteiger partial charge on any atom is 0.309 e. The Morgan fingerprint density at radius 3 is 2.72 bits per heavy atom. The molecule has 0 unspecified atom stereocenters. The number of esters is 1. The number of nitrogens with one attached hydrogen (secondary N) is 2. The van der Waals surface area contributed by atoms with Gasteiger partial charge in [-0.2, -0.15) is 5.26 Å². The summed E-state index contributed by atoms with van der Waals surface area (Å²) in [5.74, 6) is -1.49. The molecule has 0 aliphatic carbocycles. The first-order valence-corrected chi connectivity index (χ1v) is 13.2. The largest absolute Gasteiger partial charge is 0.466 e. The highest BCUT2D eigenvalue weighted by atomic mass is 35.5. The van der Waals surface area contributed by atoms with Gasteiger partial charge in [0.2, 0.25) is 0 Å². The van der Waals surface area contributed by atoms with Crippen molar-refractivity contribution in [2.24, 2.45) is 11.8 Å². The lowest BCUT2D eigenvalue weighted by molar-refractivity contribution is -0.149. The Hall–Kier alpha value is -3.81. The fourth-order valence-corrected chi connectivity index (χ4v) is 4.87. The molecule has 9 nitrogen and oxygen atoms in total. The summed E-state index contributed by atoms with van der Waals surface area (Å²) in [6.45, 7) is 4.06. The first-order chi connectivity index (χ1) is 18.9. The Bertz CT molecular complexity index is 1310. The monoisotopic (exact) mass is 552 g/mol. The minimum Gasteiger partial charge on any atom is -0.466 e. The van der Waals surface area contributed by atoms with Gasteiger partial charge in [0.25, 0.3) is 5.91 Å². The van der Waals surface area contributed by atoms with Crippen LogP contribution in [0.2, 0.25) is 5.02 Å². The van der Waals surface area contributed by atoms with E-state index >= 15 is 0 Å². The van der Waals surface area contributed by atoms with Gasteiger partial charge in [-0.15, -0.1) is 5.10 Å². The van der Waals surface area contributed by atoms with Crippen molar-refractivity contribution in [1.82, 2.24) is 25.6 Å². The highest BCUT2D eigenvalue weighted by Crippen LogP contribution is 2.27. The van der Waals surface area contributed by atoms with Crippen molar-refractivity contribution < 1.29 is 18.7 Å². The van der Waals surface area contributed by atoms with Crippen LogP contribution in [0.4, 0.5) is 4.39 Å². The molecule has 0 radical (unpaired) electrons. The van der Waals surface area contributed by atoms with Crippen LogP contribution in [-0.2, 0) is 16.0 Å². The summed E-state index contributed by atoms with van der Waals surface area (Å²) in [5, 5.41) is 22.3. The third-order valence-electron chi connectivity index (χ3n) is 6.79. The van der Waals surface area contributed by atoms with Gasteiger partial charge in [0.1, 0.15) is 11.5 Å². The predicted octanol–water partition coefficient (Wildman–Crippen LogP) is 4.02. The summed E-state index contributed by atoms with van der Waals surface area (Å²) in [5.41, 5.74) is 2.19. The number of likely N-dealkylation sites (tertiary alicyclic amines) is 1. The number of ether oxygens (including phenoxy) is 1. The number of carbonyl (C=O) groups excluding carboxylic acids is 2. The van der Waals surface area contributed by atoms with E-state index in [0.29, 0.717) is 55.0 Å². The number of benzene rings is 2. The van der Waals surface area contributed by atoms with Gasteiger partial charge in [0.05, 0.1) is 30.7 Å². The fraction of sp³-hybridized carbons (Fsp3) is 0.393. The molecule has 204 valence electrons. The molecule has 2 atom stereocenters. The Balaban J connectivity index is 1.50. The molecule has 11 heteroatoms. The van der Waals surface area contributed by atoms with Crippen LogP contribution in [0.1, 0.15) is 35.8 Å². The number of nitrogens with zero attached hydrogens (tertiary/aromatic N) is 4. The van der Waals surface area contributed by atoms with Gasteiger partial charge in [-0.05, 0) is 62.1 Å². The van der Waals surface area contributed by atoms with Crippen molar-refractivity contribution in [1.29, 1.82) is 5.26 Å². The molecular formula is C28H30ClFN6O3. The Morgan fingerprint density at radius 1 is 1.28 bits per heavy atom. The summed E-state index contributed by atoms with van der Waals surface area (Å²) in [6.07, 6.45) is 2.66. The van der Waals surface area contributed by atoms with E-state index in [2.05, 4.69) is 31.7 Å². The van der Waals surface area contributed by atoms with E-state index in [0.717, 1.165) is 5.56 Å². The smallest absolute Gasteiger partial charge is 0.309 e. The van der Waals surface area contributed by atoms with Crippen molar-refractivity contribution in [3.8, 4) is 17.2 Å². The molecule has 1 amide bonds. The van der Waals surface area contributed by atoms with Crippen molar-refractivity contribution in [2.45, 2.75) is 32.2 Å². The van der Waals surface area contributed by atoms with E-state index in [4.69, 9.17) is 21.6 Å². The second kappa shape index (κ2) is 13.3. The van der Waals surface area contributed by atoms with Crippen LogP contribution in [-0.4, -0.2) is 64.5 Å². The number of carbonyl (C=O) groups is 2. The van der Waals surface area contributed by atoms with Gasteiger partial charge in [-0.1, -0.05) is 41.1 Å². The lowest BCUT2D eigenvalue weighted by atomic mass is 9.91. The SMILES string of the molecule is CCOC(=O)[C@H](CCN1CC(C#N)C1)C[C@@H](Cc1ccc(-c2cc(Cl)ccc2F)cc1)NC(=O)c1cnn[nH]1. The van der Waals surface area contributed by atoms with E-state index in [1.807, 2.05) is 12.1 Å². The van der Waals surface area contributed by atoms with Crippen LogP contribution in [0.15, 0.2) is 48.7 Å². The lowest BCUT2D eigenvalue weighted by Gasteiger charge is -2.36. The number of nitriles is 1. The van der Waals surface area contributed by atoms with E-state index in [1.165, 1.54) is 18.3 Å². The number of hydrogen-bond acceptors (Lipinski definition) is 7. The summed E-state index contributed by atoms with van der Waals surface area (Å²) >= 11 is 6.05. The number of H-pyrrole nitrogens is 1. The molecule has 3 aromatic rings. The van der Waals surface area contributed by atoms with E-state index in [9.17, 15) is 14.0 Å². The number of aromatic nitrogens is 3. The zero-order chi connectivity index (χ0) is 27.8. The van der Waals surface area contributed by atoms with Gasteiger partial charge < -0.3 is 15.0 Å². The normalized spacial score (nSPS) is 15.1. The van der Waals surface area contributed by atoms with Gasteiger partial charge >= 0.3 is 5.97 Å². The molecule has 2 heterocycles. The molecule has 4 rings (SSSR count). The molecule has 0 saturated carbocycles. The van der Waals surface area contributed by atoms with Crippen molar-refractivity contribution in [3.05, 3.63) is 70.8 Å². The lowest BCUT2D eigenvalue weighted by Crippen LogP contribution is -2.47. The molecular weight excluding hydrogens is 523 g/mol. The molecule has 1 fully saturated rings. The minimum absolute atomic E-state index is 0.0319. The van der Waals surface area contributed by atoms with E-state index < -0.39 is 12.0 Å². The molecule has 1 aliphatic rings. The van der Waals surface area contributed by atoms with Crippen molar-refractivity contribution >= 4 is 23.5 Å². The van der Waals surface area contributed by atoms with Gasteiger partial charge in [-0.25, -0.2) is 4.39 Å². The average Bonchev–Trinajstić information content (AvgIpc) is 3.44. The number of halogens is 2. The highest BCUT2D eigenvalue weighted by molar-refractivity contribution is 6.30. The number of rotatable bonds is 12. The van der Waals surface area contributed by atoms with Crippen molar-refractivity contribution in [2.75, 3.05) is 26.2 Å². The Morgan fingerprint density at radius 2 is 2.05 bits per heavy atom. The minimum atomic E-state index is -0.448. The summed E-state index contributed by atoms with van der Waals surface area (Å²) in [6, 6.07) is 13.6. The van der Waals surface area contributed by atoms with E-state index in [-0.39, 0.29) is 35.9 Å². The topological polar surface area (TPSA) is 124 Å². The van der Waals surface area contributed by atoms with E-state index in [1.54, 1.807) is 25.1 Å². The standard InChI is InChI=1S/C28H30ClFN6O3/c1-2-39-28(38)21(9-10-36-16-19(14-31)17-36)12-23(33-27(37)26-15-32-35-34-26)11-18-3-5-20(6-4-18)24-13-22(29)7-8-25(24)30/h3-8,13,15,19,21,23H,2,9-12,16-17H2,1H3,(H,33,37)(H,32,34,35)/t21-,23-/m1/s1. The predicted molar refractivity (Wildman–Crippen MR) is 143 cm³/mol. The van der Waals surface area contributed by atoms with Crippen LogP contribution in [0.3, 0.4) is 0 Å². The van der Waals surface area contributed by atoms with Crippen molar-refractivity contribution in [3.63, 3.8) is 0 Å². The first kappa shape index (κ1) is 28.2. The quantitative estimate of drug-likeness (QED) is 0.325. The zero-order valence-corrected chi connectivity index (χ0v) is 22.3. The van der Waals surface area contributed by atoms with Gasteiger partial charge in [0, 0.05) is 29.7 Å². The Labute approximate surface area is 231 Å². The molecule has 2 aromatic carbocycles. The van der Waals surface area contributed by atoms with Crippen LogP contribution < -0.4 is 5.32 Å². The van der Waals surface area contributed by atoms with Crippen LogP contribution >= 0.6 is 11.6 Å². The second-order valence-corrected chi connectivity index (χ2v) is 10.1. The maximum atomic E-state index is 14.3. The molecule has 2 N–H and O–H groups in total. The van der Waals surface area contributed by atoms with Crippen LogP contribution in [0, 0.1) is 29.0 Å². The molecule has 1 saturated heterocycles.